The number of rotatable bonds is 2. The number of nitrogens with one attached hydrogen (secondary N) is 2. The van der Waals surface area contributed by atoms with Crippen molar-refractivity contribution in [1.29, 1.82) is 5.26 Å². The molecule has 0 unspecified atom stereocenters. The summed E-state index contributed by atoms with van der Waals surface area (Å²) in [7, 11) is 0. The summed E-state index contributed by atoms with van der Waals surface area (Å²) in [6, 6.07) is 7.52. The van der Waals surface area contributed by atoms with Crippen molar-refractivity contribution in [3.8, 4) is 6.07 Å². The molecule has 2 aromatic rings. The van der Waals surface area contributed by atoms with Crippen LogP contribution in [0.2, 0.25) is 0 Å². The van der Waals surface area contributed by atoms with E-state index in [-0.39, 0.29) is 10.5 Å². The number of hydrogen-bond donors (Lipinski definition) is 2. The van der Waals surface area contributed by atoms with Crippen LogP contribution in [0.1, 0.15) is 53.6 Å². The van der Waals surface area contributed by atoms with Crippen LogP contribution < -0.4 is 10.6 Å². The minimum absolute atomic E-state index is 0.122. The fourth-order valence-corrected chi connectivity index (χ4v) is 4.98. The summed E-state index contributed by atoms with van der Waals surface area (Å²) in [4.78, 5) is 13.5. The molecule has 28 heavy (non-hydrogen) atoms. The zero-order valence-electron chi connectivity index (χ0n) is 16.1. The number of thiocarbonyl (C=S) groups is 1. The summed E-state index contributed by atoms with van der Waals surface area (Å²) < 4.78 is 13.0. The molecule has 3 rings (SSSR count). The molecule has 0 radical (unpaired) electrons. The molecule has 1 heterocycles. The summed E-state index contributed by atoms with van der Waals surface area (Å²) in [5, 5.41) is 16.0. The minimum Gasteiger partial charge on any atom is -0.323 e. The van der Waals surface area contributed by atoms with Crippen molar-refractivity contribution in [2.75, 3.05) is 5.32 Å². The van der Waals surface area contributed by atoms with Crippen LogP contribution in [-0.2, 0) is 12.8 Å². The third kappa shape index (κ3) is 4.40. The highest BCUT2D eigenvalue weighted by Gasteiger charge is 2.32. The third-order valence-corrected chi connectivity index (χ3v) is 6.54. The molecule has 1 amide bonds. The molecule has 146 valence electrons. The molecule has 4 nitrogen and oxygen atoms in total. The van der Waals surface area contributed by atoms with Gasteiger partial charge < -0.3 is 5.32 Å². The van der Waals surface area contributed by atoms with Gasteiger partial charge in [0.25, 0.3) is 5.91 Å². The Balaban J connectivity index is 1.73. The molecule has 1 aromatic heterocycles. The molecule has 1 atom stereocenters. The molecule has 0 bridgehead atoms. The van der Waals surface area contributed by atoms with Crippen molar-refractivity contribution < 1.29 is 9.18 Å². The molecule has 7 heteroatoms. The van der Waals surface area contributed by atoms with Crippen LogP contribution in [0.4, 0.5) is 9.39 Å². The Morgan fingerprint density at radius 3 is 2.61 bits per heavy atom. The summed E-state index contributed by atoms with van der Waals surface area (Å²) in [5.74, 6) is -0.262. The first-order chi connectivity index (χ1) is 13.2. The SMILES string of the molecule is CC(C)(C)[C@H]1CCc2c(sc(NC(=S)NC(=O)c3ccc(F)cc3)c2C#N)C1. The van der Waals surface area contributed by atoms with Gasteiger partial charge in [0.2, 0.25) is 0 Å². The largest absolute Gasteiger partial charge is 0.323 e. The molecule has 0 saturated carbocycles. The lowest BCUT2D eigenvalue weighted by Crippen LogP contribution is -2.34. The van der Waals surface area contributed by atoms with E-state index in [1.165, 1.54) is 40.5 Å². The number of amides is 1. The Labute approximate surface area is 173 Å². The highest BCUT2D eigenvalue weighted by atomic mass is 32.1. The zero-order valence-corrected chi connectivity index (χ0v) is 17.7. The normalized spacial score (nSPS) is 16.0. The predicted molar refractivity (Wildman–Crippen MR) is 114 cm³/mol. The second kappa shape index (κ2) is 7.98. The third-order valence-electron chi connectivity index (χ3n) is 5.16. The highest BCUT2D eigenvalue weighted by Crippen LogP contribution is 2.43. The summed E-state index contributed by atoms with van der Waals surface area (Å²) >= 11 is 6.79. The second-order valence-electron chi connectivity index (χ2n) is 8.04. The van der Waals surface area contributed by atoms with Crippen molar-refractivity contribution in [2.24, 2.45) is 11.3 Å². The molecule has 0 spiro atoms. The van der Waals surface area contributed by atoms with Gasteiger partial charge in [0.15, 0.2) is 5.11 Å². The van der Waals surface area contributed by atoms with Crippen LogP contribution in [0, 0.1) is 28.5 Å². The summed E-state index contributed by atoms with van der Waals surface area (Å²) in [6.07, 6.45) is 2.90. The number of nitrogens with zero attached hydrogens (tertiary/aromatic N) is 1. The number of halogens is 1. The van der Waals surface area contributed by atoms with Crippen LogP contribution in [0.3, 0.4) is 0 Å². The Morgan fingerprint density at radius 2 is 2.00 bits per heavy atom. The number of thiophene rings is 1. The molecule has 0 fully saturated rings. The maximum absolute atomic E-state index is 13.0. The van der Waals surface area contributed by atoms with Crippen LogP contribution >= 0.6 is 23.6 Å². The average Bonchev–Trinajstić information content (AvgIpc) is 2.97. The fourth-order valence-electron chi connectivity index (χ4n) is 3.44. The summed E-state index contributed by atoms with van der Waals surface area (Å²) in [5.41, 5.74) is 2.25. The predicted octanol–water partition coefficient (Wildman–Crippen LogP) is 5.04. The average molecular weight is 416 g/mol. The highest BCUT2D eigenvalue weighted by molar-refractivity contribution is 7.80. The van der Waals surface area contributed by atoms with Crippen molar-refractivity contribution >= 4 is 39.6 Å². The van der Waals surface area contributed by atoms with E-state index >= 15 is 0 Å². The van der Waals surface area contributed by atoms with Crippen LogP contribution in [-0.4, -0.2) is 11.0 Å². The zero-order chi connectivity index (χ0) is 20.5. The number of carbonyl (C=O) groups excluding carboxylic acids is 1. The molecule has 1 aliphatic rings. The van der Waals surface area contributed by atoms with Gasteiger partial charge in [0.05, 0.1) is 5.56 Å². The van der Waals surface area contributed by atoms with Gasteiger partial charge in [-0.15, -0.1) is 11.3 Å². The van der Waals surface area contributed by atoms with Gasteiger partial charge in [0.1, 0.15) is 16.9 Å². The van der Waals surface area contributed by atoms with Gasteiger partial charge in [-0.2, -0.15) is 5.26 Å². The first kappa shape index (κ1) is 20.4. The Bertz CT molecular complexity index is 952. The van der Waals surface area contributed by atoms with Gasteiger partial charge in [-0.25, -0.2) is 4.39 Å². The van der Waals surface area contributed by atoms with E-state index in [0.29, 0.717) is 22.0 Å². The van der Waals surface area contributed by atoms with Crippen molar-refractivity contribution in [2.45, 2.75) is 40.0 Å². The topological polar surface area (TPSA) is 64.9 Å². The summed E-state index contributed by atoms with van der Waals surface area (Å²) in [6.45, 7) is 6.75. The van der Waals surface area contributed by atoms with E-state index in [9.17, 15) is 14.4 Å². The minimum atomic E-state index is -0.426. The Morgan fingerprint density at radius 1 is 1.32 bits per heavy atom. The fraction of sp³-hybridized carbons (Fsp3) is 0.381. The number of benzene rings is 1. The van der Waals surface area contributed by atoms with Crippen LogP contribution in [0.25, 0.3) is 0 Å². The van der Waals surface area contributed by atoms with Crippen molar-refractivity contribution in [1.82, 2.24) is 5.32 Å². The van der Waals surface area contributed by atoms with Gasteiger partial charge in [-0.3, -0.25) is 10.1 Å². The lowest BCUT2D eigenvalue weighted by Gasteiger charge is -2.33. The van der Waals surface area contributed by atoms with Crippen molar-refractivity contribution in [3.63, 3.8) is 0 Å². The molecule has 1 aliphatic carbocycles. The molecule has 1 aromatic carbocycles. The second-order valence-corrected chi connectivity index (χ2v) is 9.55. The molecule has 0 aliphatic heterocycles. The van der Waals surface area contributed by atoms with Crippen molar-refractivity contribution in [3.05, 3.63) is 51.7 Å². The van der Waals surface area contributed by atoms with E-state index in [1.54, 1.807) is 0 Å². The number of fused-ring (bicyclic) bond motifs is 1. The first-order valence-corrected chi connectivity index (χ1v) is 10.3. The van der Waals surface area contributed by atoms with E-state index < -0.39 is 11.7 Å². The lowest BCUT2D eigenvalue weighted by atomic mass is 9.72. The van der Waals surface area contributed by atoms with Crippen LogP contribution in [0.5, 0.6) is 0 Å². The maximum Gasteiger partial charge on any atom is 0.257 e. The van der Waals surface area contributed by atoms with Gasteiger partial charge in [-0.05, 0) is 72.6 Å². The van der Waals surface area contributed by atoms with E-state index in [1.807, 2.05) is 0 Å². The smallest absolute Gasteiger partial charge is 0.257 e. The van der Waals surface area contributed by atoms with Gasteiger partial charge in [0, 0.05) is 10.4 Å². The van der Waals surface area contributed by atoms with Crippen LogP contribution in [0.15, 0.2) is 24.3 Å². The van der Waals surface area contributed by atoms with Gasteiger partial charge >= 0.3 is 0 Å². The number of hydrogen-bond acceptors (Lipinski definition) is 4. The molecular weight excluding hydrogens is 393 g/mol. The number of carbonyl (C=O) groups is 1. The van der Waals surface area contributed by atoms with E-state index in [0.717, 1.165) is 24.8 Å². The molecule has 0 saturated heterocycles. The Kier molecular flexibility index (Phi) is 5.82. The van der Waals surface area contributed by atoms with E-state index in [2.05, 4.69) is 37.5 Å². The maximum atomic E-state index is 13.0. The molecular formula is C21H22FN3OS2. The van der Waals surface area contributed by atoms with Gasteiger partial charge in [-0.1, -0.05) is 20.8 Å². The lowest BCUT2D eigenvalue weighted by molar-refractivity contribution is 0.0977. The number of anilines is 1. The standard InChI is InChI=1S/C21H22FN3OS2/c1-21(2,3)13-6-9-15-16(11-23)19(28-17(15)10-13)25-20(27)24-18(26)12-4-7-14(22)8-5-12/h4-5,7-8,13H,6,9-10H2,1-3H3,(H2,24,25,26,27)/t13-/m0/s1. The number of nitriles is 1. The van der Waals surface area contributed by atoms with E-state index in [4.69, 9.17) is 12.2 Å². The quantitative estimate of drug-likeness (QED) is 0.675. The monoisotopic (exact) mass is 415 g/mol. The Hall–Kier alpha value is -2.30. The molecule has 2 N–H and O–H groups in total. The first-order valence-electron chi connectivity index (χ1n) is 9.11.